The van der Waals surface area contributed by atoms with Gasteiger partial charge >= 0.3 is 0 Å². The predicted octanol–water partition coefficient (Wildman–Crippen LogP) is 3.72. The van der Waals surface area contributed by atoms with Crippen molar-refractivity contribution in [2.45, 2.75) is 52.0 Å². The Labute approximate surface area is 189 Å². The zero-order chi connectivity index (χ0) is 23.5. The molecule has 2 aromatic carbocycles. The minimum atomic E-state index is -0.402. The Morgan fingerprint density at radius 1 is 0.594 bits per heavy atom. The van der Waals surface area contributed by atoms with Gasteiger partial charge in [-0.05, 0) is 62.7 Å². The van der Waals surface area contributed by atoms with Crippen molar-refractivity contribution >= 4 is 21.8 Å². The number of aliphatic hydroxyl groups is 4. The summed E-state index contributed by atoms with van der Waals surface area (Å²) in [7, 11) is 0. The number of hydrogen-bond donors (Lipinski definition) is 4. The maximum atomic E-state index is 9.44. The smallest absolute Gasteiger partial charge is 0.0833 e. The molecule has 0 fully saturated rings. The van der Waals surface area contributed by atoms with Gasteiger partial charge in [0.25, 0.3) is 0 Å². The molecule has 0 amide bonds. The summed E-state index contributed by atoms with van der Waals surface area (Å²) in [5.41, 5.74) is 2.96. The van der Waals surface area contributed by atoms with Gasteiger partial charge in [0, 0.05) is 22.4 Å². The van der Waals surface area contributed by atoms with Gasteiger partial charge in [0.15, 0.2) is 0 Å². The van der Waals surface area contributed by atoms with E-state index in [0.717, 1.165) is 33.2 Å². The molecule has 0 aliphatic rings. The zero-order valence-corrected chi connectivity index (χ0v) is 19.3. The van der Waals surface area contributed by atoms with Gasteiger partial charge in [-0.1, -0.05) is 36.4 Å². The number of rotatable bonds is 6. The second kappa shape index (κ2) is 9.46. The van der Waals surface area contributed by atoms with E-state index in [2.05, 4.69) is 0 Å². The maximum absolute atomic E-state index is 9.44. The van der Waals surface area contributed by atoms with Crippen molar-refractivity contribution < 1.29 is 20.4 Å². The molecule has 0 saturated carbocycles. The van der Waals surface area contributed by atoms with Gasteiger partial charge in [-0.25, -0.2) is 0 Å². The molecule has 0 saturated heterocycles. The molecular weight excluding hydrogens is 404 g/mol. The maximum Gasteiger partial charge on any atom is 0.0833 e. The van der Waals surface area contributed by atoms with E-state index in [0.29, 0.717) is 0 Å². The highest BCUT2D eigenvalue weighted by atomic mass is 16.3. The Bertz CT molecular complexity index is 1090. The number of nitrogens with zero attached hydrogens (tertiary/aromatic N) is 2. The number of hydrogen-bond acceptors (Lipinski definition) is 4. The summed E-state index contributed by atoms with van der Waals surface area (Å²) in [6.07, 6.45) is 0. The molecule has 4 aromatic rings. The molecule has 2 heterocycles. The van der Waals surface area contributed by atoms with Gasteiger partial charge in [0.2, 0.25) is 0 Å². The normalized spacial score (nSPS) is 12.2. The lowest BCUT2D eigenvalue weighted by Crippen LogP contribution is -2.31. The van der Waals surface area contributed by atoms with Gasteiger partial charge in [0.1, 0.15) is 0 Å². The predicted molar refractivity (Wildman–Crippen MR) is 129 cm³/mol. The van der Waals surface area contributed by atoms with Crippen molar-refractivity contribution in [3.8, 4) is 0 Å². The third-order valence-electron chi connectivity index (χ3n) is 5.88. The lowest BCUT2D eigenvalue weighted by atomic mass is 10.1. The van der Waals surface area contributed by atoms with Crippen LogP contribution < -0.4 is 0 Å². The topological polar surface area (TPSA) is 90.8 Å². The van der Waals surface area contributed by atoms with E-state index in [4.69, 9.17) is 0 Å². The first kappa shape index (κ1) is 24.0. The largest absolute Gasteiger partial charge is 0.394 e. The quantitative estimate of drug-likeness (QED) is 0.369. The third-order valence-corrected chi connectivity index (χ3v) is 5.88. The minimum Gasteiger partial charge on any atom is -0.394 e. The summed E-state index contributed by atoms with van der Waals surface area (Å²) in [6, 6.07) is 19.8. The molecule has 0 atom stereocenters. The molecule has 0 unspecified atom stereocenters. The number of aliphatic hydroxyl groups excluding tert-OH is 4. The van der Waals surface area contributed by atoms with Gasteiger partial charge in [-0.2, -0.15) is 0 Å². The number of fused-ring (bicyclic) bond motifs is 2. The Kier molecular flexibility index (Phi) is 7.10. The summed E-state index contributed by atoms with van der Waals surface area (Å²) >= 11 is 0. The van der Waals surface area contributed by atoms with E-state index in [1.54, 1.807) is 0 Å². The highest BCUT2D eigenvalue weighted by molar-refractivity contribution is 5.82. The molecule has 0 radical (unpaired) electrons. The van der Waals surface area contributed by atoms with Gasteiger partial charge in [-0.15, -0.1) is 0 Å². The van der Waals surface area contributed by atoms with Crippen LogP contribution in [0, 0.1) is 0 Å². The van der Waals surface area contributed by atoms with Crippen LogP contribution in [0.5, 0.6) is 0 Å². The SMILES string of the molecule is CC(C)(CO)n1c(CO)cc2ccccc21.CC(C)(CO)n1c(CO)cc2ccccc21. The monoisotopic (exact) mass is 438 g/mol. The van der Waals surface area contributed by atoms with Crippen LogP contribution in [0.1, 0.15) is 39.1 Å². The first-order valence-electron chi connectivity index (χ1n) is 10.8. The summed E-state index contributed by atoms with van der Waals surface area (Å²) in [6.45, 7) is 7.88. The molecule has 0 aliphatic carbocycles. The molecule has 6 heteroatoms. The Hall–Kier alpha value is -2.64. The fourth-order valence-corrected chi connectivity index (χ4v) is 4.23. The lowest BCUT2D eigenvalue weighted by molar-refractivity contribution is 0.158. The van der Waals surface area contributed by atoms with Crippen LogP contribution in [0.15, 0.2) is 60.7 Å². The zero-order valence-electron chi connectivity index (χ0n) is 19.3. The van der Waals surface area contributed by atoms with Crippen LogP contribution in [0.4, 0.5) is 0 Å². The van der Waals surface area contributed by atoms with E-state index in [9.17, 15) is 20.4 Å². The van der Waals surface area contributed by atoms with Crippen molar-refractivity contribution in [2.24, 2.45) is 0 Å². The van der Waals surface area contributed by atoms with Crippen molar-refractivity contribution in [3.05, 3.63) is 72.1 Å². The Balaban J connectivity index is 0.000000181. The fourth-order valence-electron chi connectivity index (χ4n) is 4.23. The standard InChI is InChI=1S/2C13H17NO2/c2*1-13(2,9-16)14-11(8-15)7-10-5-3-4-6-12(10)14/h2*3-7,15-16H,8-9H2,1-2H3. The molecule has 4 N–H and O–H groups in total. The summed E-state index contributed by atoms with van der Waals surface area (Å²) in [5.74, 6) is 0. The first-order valence-corrected chi connectivity index (χ1v) is 10.8. The molecule has 0 aliphatic heterocycles. The van der Waals surface area contributed by atoms with Crippen molar-refractivity contribution in [1.29, 1.82) is 0 Å². The Morgan fingerprint density at radius 2 is 0.938 bits per heavy atom. The average Bonchev–Trinajstić information content (AvgIpc) is 3.38. The highest BCUT2D eigenvalue weighted by Crippen LogP contribution is 2.28. The van der Waals surface area contributed by atoms with E-state index in [-0.39, 0.29) is 26.4 Å². The second-order valence-electron chi connectivity index (χ2n) is 9.32. The number of para-hydroxylation sites is 2. The van der Waals surface area contributed by atoms with Crippen LogP contribution in [0.25, 0.3) is 21.8 Å². The number of aromatic nitrogens is 2. The molecule has 2 aromatic heterocycles. The van der Waals surface area contributed by atoms with Crippen LogP contribution in [-0.4, -0.2) is 42.8 Å². The Morgan fingerprint density at radius 3 is 1.25 bits per heavy atom. The highest BCUT2D eigenvalue weighted by Gasteiger charge is 2.24. The van der Waals surface area contributed by atoms with E-state index in [1.807, 2.05) is 97.5 Å². The van der Waals surface area contributed by atoms with Crippen LogP contribution in [0.3, 0.4) is 0 Å². The summed E-state index contributed by atoms with van der Waals surface area (Å²) < 4.78 is 4.00. The van der Waals surface area contributed by atoms with Crippen LogP contribution in [-0.2, 0) is 24.3 Å². The molecule has 4 rings (SSSR count). The first-order chi connectivity index (χ1) is 15.2. The van der Waals surface area contributed by atoms with Crippen LogP contribution >= 0.6 is 0 Å². The molecule has 0 spiro atoms. The minimum absolute atomic E-state index is 0.0158. The fraction of sp³-hybridized carbons (Fsp3) is 0.385. The molecule has 0 bridgehead atoms. The van der Waals surface area contributed by atoms with Crippen LogP contribution in [0.2, 0.25) is 0 Å². The molecule has 172 valence electrons. The number of benzene rings is 2. The van der Waals surface area contributed by atoms with Crippen molar-refractivity contribution in [1.82, 2.24) is 9.13 Å². The van der Waals surface area contributed by atoms with E-state index >= 15 is 0 Å². The third kappa shape index (κ3) is 4.45. The molecular formula is C26H34N2O4. The molecule has 6 nitrogen and oxygen atoms in total. The van der Waals surface area contributed by atoms with Gasteiger partial charge in [-0.3, -0.25) is 0 Å². The van der Waals surface area contributed by atoms with Crippen molar-refractivity contribution in [2.75, 3.05) is 13.2 Å². The lowest BCUT2D eigenvalue weighted by Gasteiger charge is -2.27. The second-order valence-corrected chi connectivity index (χ2v) is 9.32. The van der Waals surface area contributed by atoms with E-state index < -0.39 is 11.1 Å². The summed E-state index contributed by atoms with van der Waals surface area (Å²) in [5, 5.41) is 39.8. The van der Waals surface area contributed by atoms with E-state index in [1.165, 1.54) is 0 Å². The van der Waals surface area contributed by atoms with Gasteiger partial charge < -0.3 is 29.6 Å². The van der Waals surface area contributed by atoms with Gasteiger partial charge in [0.05, 0.1) is 37.5 Å². The summed E-state index contributed by atoms with van der Waals surface area (Å²) in [4.78, 5) is 0. The van der Waals surface area contributed by atoms with Crippen molar-refractivity contribution in [3.63, 3.8) is 0 Å². The average molecular weight is 439 g/mol. The molecule has 32 heavy (non-hydrogen) atoms.